The van der Waals surface area contributed by atoms with Crippen LogP contribution in [0.5, 0.6) is 5.88 Å². The van der Waals surface area contributed by atoms with Gasteiger partial charge in [0.15, 0.2) is 12.4 Å². The van der Waals surface area contributed by atoms with Gasteiger partial charge in [-0.2, -0.15) is 9.37 Å². The molecule has 0 aromatic carbocycles. The van der Waals surface area contributed by atoms with E-state index in [0.29, 0.717) is 6.54 Å². The lowest BCUT2D eigenvalue weighted by Gasteiger charge is -2.24. The third kappa shape index (κ3) is 3.15. The van der Waals surface area contributed by atoms with Crippen LogP contribution in [-0.4, -0.2) is 23.1 Å². The Morgan fingerprint density at radius 3 is 2.90 bits per heavy atom. The van der Waals surface area contributed by atoms with Crippen molar-refractivity contribution < 1.29 is 9.13 Å². The number of hydrogen-bond acceptors (Lipinski definition) is 4. The van der Waals surface area contributed by atoms with Gasteiger partial charge in [-0.1, -0.05) is 17.6 Å². The predicted octanol–water partition coefficient (Wildman–Crippen LogP) is 2.69. The molecule has 0 radical (unpaired) electrons. The van der Waals surface area contributed by atoms with Gasteiger partial charge in [0, 0.05) is 12.7 Å². The minimum atomic E-state index is -0.566. The fourth-order valence-corrected chi connectivity index (χ4v) is 1.99. The van der Waals surface area contributed by atoms with Crippen LogP contribution in [0.1, 0.15) is 20.8 Å². The Morgan fingerprint density at radius 1 is 1.40 bits per heavy atom. The van der Waals surface area contributed by atoms with Gasteiger partial charge in [0.05, 0.1) is 0 Å². The van der Waals surface area contributed by atoms with Crippen LogP contribution in [0.25, 0.3) is 0 Å². The molecule has 0 saturated heterocycles. The van der Waals surface area contributed by atoms with Crippen LogP contribution >= 0.6 is 0 Å². The molecule has 0 bridgehead atoms. The van der Waals surface area contributed by atoms with Crippen molar-refractivity contribution in [1.29, 1.82) is 0 Å². The van der Waals surface area contributed by atoms with Crippen molar-refractivity contribution in [2.75, 3.05) is 18.1 Å². The Balaban J connectivity index is 2.26. The minimum Gasteiger partial charge on any atom is -0.462 e. The molecule has 0 amide bonds. The van der Waals surface area contributed by atoms with Crippen molar-refractivity contribution in [2.24, 2.45) is 0 Å². The SMILES string of the molecule is CC#CCOc1ncnc(N2C=C(C)C=C(C)C2)c1F. The first-order valence-corrected chi connectivity index (χ1v) is 6.27. The van der Waals surface area contributed by atoms with Crippen molar-refractivity contribution in [3.63, 3.8) is 0 Å². The highest BCUT2D eigenvalue weighted by Crippen LogP contribution is 2.26. The molecule has 4 nitrogen and oxygen atoms in total. The van der Waals surface area contributed by atoms with Gasteiger partial charge in [-0.25, -0.2) is 4.98 Å². The van der Waals surface area contributed by atoms with E-state index in [4.69, 9.17) is 4.74 Å². The number of nitrogens with zero attached hydrogens (tertiary/aromatic N) is 3. The molecule has 2 rings (SSSR count). The molecular weight excluding hydrogens is 257 g/mol. The summed E-state index contributed by atoms with van der Waals surface area (Å²) >= 11 is 0. The largest absolute Gasteiger partial charge is 0.462 e. The lowest BCUT2D eigenvalue weighted by atomic mass is 10.1. The molecule has 104 valence electrons. The van der Waals surface area contributed by atoms with E-state index in [2.05, 4.69) is 27.9 Å². The maximum absolute atomic E-state index is 14.3. The number of rotatable bonds is 3. The second-order valence-corrected chi connectivity index (χ2v) is 4.52. The molecule has 20 heavy (non-hydrogen) atoms. The topological polar surface area (TPSA) is 38.3 Å². The summed E-state index contributed by atoms with van der Waals surface area (Å²) in [6, 6.07) is 0. The van der Waals surface area contributed by atoms with E-state index < -0.39 is 5.82 Å². The van der Waals surface area contributed by atoms with Crippen LogP contribution in [0.2, 0.25) is 0 Å². The van der Waals surface area contributed by atoms with Gasteiger partial charge < -0.3 is 9.64 Å². The van der Waals surface area contributed by atoms with E-state index in [1.807, 2.05) is 20.0 Å². The molecule has 1 aliphatic heterocycles. The lowest BCUT2D eigenvalue weighted by molar-refractivity contribution is 0.331. The van der Waals surface area contributed by atoms with Crippen LogP contribution in [0, 0.1) is 17.7 Å². The molecule has 5 heteroatoms. The molecule has 1 aromatic heterocycles. The van der Waals surface area contributed by atoms with E-state index in [0.717, 1.165) is 11.1 Å². The van der Waals surface area contributed by atoms with E-state index in [9.17, 15) is 4.39 Å². The zero-order valence-corrected chi connectivity index (χ0v) is 11.8. The zero-order chi connectivity index (χ0) is 14.5. The summed E-state index contributed by atoms with van der Waals surface area (Å²) in [5.41, 5.74) is 2.19. The standard InChI is InChI=1S/C15H16FN3O/c1-4-5-6-20-15-13(16)14(17-10-18-15)19-8-11(2)7-12(3)9-19/h7-8,10H,6,9H2,1-3H3. The summed E-state index contributed by atoms with van der Waals surface area (Å²) in [5.74, 6) is 4.96. The average molecular weight is 273 g/mol. The number of hydrogen-bond donors (Lipinski definition) is 0. The molecule has 1 aliphatic rings. The Labute approximate surface area is 118 Å². The second-order valence-electron chi connectivity index (χ2n) is 4.52. The highest BCUT2D eigenvalue weighted by molar-refractivity contribution is 5.51. The normalized spacial score (nSPS) is 14.1. The molecule has 0 unspecified atom stereocenters. The molecule has 0 atom stereocenters. The summed E-state index contributed by atoms with van der Waals surface area (Å²) < 4.78 is 19.6. The zero-order valence-electron chi connectivity index (χ0n) is 11.8. The molecular formula is C15H16FN3O. The van der Waals surface area contributed by atoms with Gasteiger partial charge in [0.25, 0.3) is 5.88 Å². The smallest absolute Gasteiger partial charge is 0.256 e. The lowest BCUT2D eigenvalue weighted by Crippen LogP contribution is -2.24. The maximum atomic E-state index is 14.3. The third-order valence-corrected chi connectivity index (χ3v) is 2.72. The van der Waals surface area contributed by atoms with Gasteiger partial charge in [-0.05, 0) is 26.3 Å². The van der Waals surface area contributed by atoms with Crippen LogP contribution in [0.3, 0.4) is 0 Å². The fraction of sp³-hybridized carbons (Fsp3) is 0.333. The fourth-order valence-electron chi connectivity index (χ4n) is 1.99. The first kappa shape index (κ1) is 14.1. The van der Waals surface area contributed by atoms with Gasteiger partial charge in [-0.15, -0.1) is 5.92 Å². The van der Waals surface area contributed by atoms with Gasteiger partial charge in [0.1, 0.15) is 6.33 Å². The van der Waals surface area contributed by atoms with Crippen molar-refractivity contribution in [1.82, 2.24) is 9.97 Å². The first-order chi connectivity index (χ1) is 9.61. The first-order valence-electron chi connectivity index (χ1n) is 6.27. The highest BCUT2D eigenvalue weighted by atomic mass is 19.1. The number of aromatic nitrogens is 2. The monoisotopic (exact) mass is 273 g/mol. The summed E-state index contributed by atoms with van der Waals surface area (Å²) in [7, 11) is 0. The van der Waals surface area contributed by atoms with Crippen LogP contribution in [0.4, 0.5) is 10.2 Å². The average Bonchev–Trinajstić information content (AvgIpc) is 2.40. The number of ether oxygens (including phenoxy) is 1. The summed E-state index contributed by atoms with van der Waals surface area (Å²) in [6.45, 7) is 6.36. The number of halogens is 1. The van der Waals surface area contributed by atoms with Gasteiger partial charge in [0.2, 0.25) is 5.82 Å². The molecule has 0 saturated carbocycles. The van der Waals surface area contributed by atoms with Crippen LogP contribution in [-0.2, 0) is 0 Å². The Bertz CT molecular complexity index is 626. The Kier molecular flexibility index (Phi) is 4.36. The van der Waals surface area contributed by atoms with E-state index in [-0.39, 0.29) is 18.3 Å². The molecule has 0 aliphatic carbocycles. The van der Waals surface area contributed by atoms with E-state index in [1.54, 1.807) is 11.8 Å². The quantitative estimate of drug-likeness (QED) is 0.794. The summed E-state index contributed by atoms with van der Waals surface area (Å²) in [5, 5.41) is 0. The molecule has 0 fully saturated rings. The minimum absolute atomic E-state index is 0.0731. The molecule has 1 aromatic rings. The number of anilines is 1. The second kappa shape index (κ2) is 6.20. The third-order valence-electron chi connectivity index (χ3n) is 2.72. The Hall–Kier alpha value is -2.35. The maximum Gasteiger partial charge on any atom is 0.256 e. The van der Waals surface area contributed by atoms with Crippen molar-refractivity contribution in [3.8, 4) is 17.7 Å². The summed E-state index contributed by atoms with van der Waals surface area (Å²) in [6.07, 6.45) is 5.21. The van der Waals surface area contributed by atoms with Crippen molar-refractivity contribution in [3.05, 3.63) is 35.6 Å². The van der Waals surface area contributed by atoms with E-state index >= 15 is 0 Å². The van der Waals surface area contributed by atoms with Crippen LogP contribution < -0.4 is 9.64 Å². The molecule has 0 spiro atoms. The van der Waals surface area contributed by atoms with Crippen molar-refractivity contribution in [2.45, 2.75) is 20.8 Å². The highest BCUT2D eigenvalue weighted by Gasteiger charge is 2.19. The summed E-state index contributed by atoms with van der Waals surface area (Å²) in [4.78, 5) is 9.57. The molecule has 2 heterocycles. The number of allylic oxidation sites excluding steroid dienone is 2. The van der Waals surface area contributed by atoms with Crippen LogP contribution in [0.15, 0.2) is 29.7 Å². The molecule has 0 N–H and O–H groups in total. The predicted molar refractivity (Wildman–Crippen MR) is 75.8 cm³/mol. The van der Waals surface area contributed by atoms with E-state index in [1.165, 1.54) is 6.33 Å². The van der Waals surface area contributed by atoms with Gasteiger partial charge >= 0.3 is 0 Å². The van der Waals surface area contributed by atoms with Crippen molar-refractivity contribution >= 4 is 5.82 Å². The Morgan fingerprint density at radius 2 is 2.20 bits per heavy atom. The van der Waals surface area contributed by atoms with Gasteiger partial charge in [-0.3, -0.25) is 0 Å².